The van der Waals surface area contributed by atoms with E-state index in [0.717, 1.165) is 5.56 Å². The Hall–Kier alpha value is -2.17. The van der Waals surface area contributed by atoms with Gasteiger partial charge in [-0.1, -0.05) is 0 Å². The fourth-order valence-corrected chi connectivity index (χ4v) is 4.76. The summed E-state index contributed by atoms with van der Waals surface area (Å²) in [5, 5.41) is 5.14. The van der Waals surface area contributed by atoms with Crippen molar-refractivity contribution in [1.82, 2.24) is 9.29 Å². The molecule has 0 saturated carbocycles. The second-order valence-electron chi connectivity index (χ2n) is 6.56. The van der Waals surface area contributed by atoms with Gasteiger partial charge < -0.3 is 14.8 Å². The van der Waals surface area contributed by atoms with Crippen LogP contribution in [0, 0.1) is 5.92 Å². The van der Waals surface area contributed by atoms with Crippen LogP contribution in [0.3, 0.4) is 0 Å². The summed E-state index contributed by atoms with van der Waals surface area (Å²) in [6.07, 6.45) is 2.50. The van der Waals surface area contributed by atoms with Gasteiger partial charge in [0.25, 0.3) is 0 Å². The van der Waals surface area contributed by atoms with Gasteiger partial charge in [-0.25, -0.2) is 17.7 Å². The number of thiazole rings is 1. The normalized spacial score (nSPS) is 17.9. The number of benzene rings is 1. The molecule has 1 saturated heterocycles. The van der Waals surface area contributed by atoms with Crippen molar-refractivity contribution in [3.8, 4) is 22.8 Å². The lowest BCUT2D eigenvalue weighted by Crippen LogP contribution is -2.43. The van der Waals surface area contributed by atoms with Crippen molar-refractivity contribution in [3.05, 3.63) is 23.6 Å². The molecule has 1 amide bonds. The van der Waals surface area contributed by atoms with Gasteiger partial charge in [0.2, 0.25) is 15.9 Å². The third kappa shape index (κ3) is 4.62. The Morgan fingerprint density at radius 3 is 2.71 bits per heavy atom. The van der Waals surface area contributed by atoms with Gasteiger partial charge in [0.1, 0.15) is 0 Å². The highest BCUT2D eigenvalue weighted by Crippen LogP contribution is 2.33. The smallest absolute Gasteiger partial charge is 0.230 e. The van der Waals surface area contributed by atoms with E-state index in [9.17, 15) is 13.2 Å². The lowest BCUT2D eigenvalue weighted by atomic mass is 9.99. The Morgan fingerprint density at radius 1 is 1.29 bits per heavy atom. The Bertz CT molecular complexity index is 958. The van der Waals surface area contributed by atoms with Crippen LogP contribution in [-0.4, -0.2) is 57.2 Å². The van der Waals surface area contributed by atoms with Crippen LogP contribution in [0.2, 0.25) is 0 Å². The number of sulfonamides is 1. The predicted octanol–water partition coefficient (Wildman–Crippen LogP) is 2.44. The molecule has 3 rings (SSSR count). The summed E-state index contributed by atoms with van der Waals surface area (Å²) in [6.45, 7) is 0.669. The molecule has 1 aromatic heterocycles. The minimum atomic E-state index is -3.29. The van der Waals surface area contributed by atoms with Crippen molar-refractivity contribution in [2.24, 2.45) is 5.92 Å². The van der Waals surface area contributed by atoms with Gasteiger partial charge in [-0.3, -0.25) is 4.79 Å². The highest BCUT2D eigenvalue weighted by atomic mass is 32.2. The molecule has 1 aliphatic rings. The minimum absolute atomic E-state index is 0.207. The van der Waals surface area contributed by atoms with Crippen molar-refractivity contribution >= 4 is 32.4 Å². The van der Waals surface area contributed by atoms with Crippen LogP contribution in [-0.2, 0) is 14.8 Å². The van der Waals surface area contributed by atoms with E-state index >= 15 is 0 Å². The molecule has 0 bridgehead atoms. The quantitative estimate of drug-likeness (QED) is 0.763. The standard InChI is InChI=1S/C18H23N3O5S2/c1-25-15-7-6-12(9-16(15)26-2)14-11-27-18(19-14)20-17(22)13-5-4-8-21(10-13)28(3,23)24/h6-7,9,11,13H,4-5,8,10H2,1-3H3,(H,19,20,22). The summed E-state index contributed by atoms with van der Waals surface area (Å²) < 4.78 is 35.4. The maximum absolute atomic E-state index is 12.6. The van der Waals surface area contributed by atoms with Crippen molar-refractivity contribution in [2.45, 2.75) is 12.8 Å². The molecule has 1 aromatic carbocycles. The second kappa shape index (κ2) is 8.46. The molecule has 10 heteroatoms. The monoisotopic (exact) mass is 425 g/mol. The molecule has 1 N–H and O–H groups in total. The van der Waals surface area contributed by atoms with Gasteiger partial charge in [0.15, 0.2) is 16.6 Å². The van der Waals surface area contributed by atoms with Gasteiger partial charge >= 0.3 is 0 Å². The minimum Gasteiger partial charge on any atom is -0.493 e. The maximum Gasteiger partial charge on any atom is 0.230 e. The van der Waals surface area contributed by atoms with E-state index in [2.05, 4.69) is 10.3 Å². The molecule has 0 radical (unpaired) electrons. The molecule has 1 atom stereocenters. The fourth-order valence-electron chi connectivity index (χ4n) is 3.12. The molecule has 28 heavy (non-hydrogen) atoms. The fraction of sp³-hybridized carbons (Fsp3) is 0.444. The molecule has 1 aliphatic heterocycles. The first-order valence-corrected chi connectivity index (χ1v) is 11.5. The number of carbonyl (C=O) groups excluding carboxylic acids is 1. The maximum atomic E-state index is 12.6. The number of nitrogens with one attached hydrogen (secondary N) is 1. The lowest BCUT2D eigenvalue weighted by molar-refractivity contribution is -0.120. The highest BCUT2D eigenvalue weighted by molar-refractivity contribution is 7.88. The van der Waals surface area contributed by atoms with Crippen LogP contribution in [0.15, 0.2) is 23.6 Å². The number of aromatic nitrogens is 1. The van der Waals surface area contributed by atoms with E-state index in [1.54, 1.807) is 20.3 Å². The third-order valence-corrected chi connectivity index (χ3v) is 6.66. The van der Waals surface area contributed by atoms with Crippen LogP contribution in [0.25, 0.3) is 11.3 Å². The average molecular weight is 426 g/mol. The number of anilines is 1. The van der Waals surface area contributed by atoms with E-state index in [4.69, 9.17) is 9.47 Å². The van der Waals surface area contributed by atoms with Gasteiger partial charge in [-0.05, 0) is 31.0 Å². The van der Waals surface area contributed by atoms with Gasteiger partial charge in [0.05, 0.1) is 32.1 Å². The number of amides is 1. The van der Waals surface area contributed by atoms with E-state index in [0.29, 0.717) is 41.7 Å². The molecule has 2 heterocycles. The number of hydrogen-bond acceptors (Lipinski definition) is 7. The summed E-state index contributed by atoms with van der Waals surface area (Å²) in [5.41, 5.74) is 1.55. The third-order valence-electron chi connectivity index (χ3n) is 4.64. The van der Waals surface area contributed by atoms with E-state index in [1.165, 1.54) is 21.9 Å². The summed E-state index contributed by atoms with van der Waals surface area (Å²) in [6, 6.07) is 5.49. The number of nitrogens with zero attached hydrogens (tertiary/aromatic N) is 2. The Kier molecular flexibility index (Phi) is 6.21. The topological polar surface area (TPSA) is 97.8 Å². The Morgan fingerprint density at radius 2 is 2.04 bits per heavy atom. The first-order chi connectivity index (χ1) is 13.3. The van der Waals surface area contributed by atoms with Crippen molar-refractivity contribution in [3.63, 3.8) is 0 Å². The molecule has 1 fully saturated rings. The first kappa shape index (κ1) is 20.6. The van der Waals surface area contributed by atoms with Crippen LogP contribution < -0.4 is 14.8 Å². The van der Waals surface area contributed by atoms with Gasteiger partial charge in [-0.2, -0.15) is 0 Å². The SMILES string of the molecule is COc1ccc(-c2csc(NC(=O)C3CCCN(S(C)(=O)=O)C3)n2)cc1OC. The molecule has 0 aliphatic carbocycles. The Balaban J connectivity index is 1.70. The van der Waals surface area contributed by atoms with E-state index in [1.807, 2.05) is 17.5 Å². The zero-order valence-electron chi connectivity index (χ0n) is 16.0. The molecule has 8 nitrogen and oxygen atoms in total. The van der Waals surface area contributed by atoms with Crippen LogP contribution >= 0.6 is 11.3 Å². The molecular weight excluding hydrogens is 402 g/mol. The van der Waals surface area contributed by atoms with Gasteiger partial charge in [0, 0.05) is 24.0 Å². The summed E-state index contributed by atoms with van der Waals surface area (Å²) in [7, 11) is -0.150. The number of piperidine rings is 1. The second-order valence-corrected chi connectivity index (χ2v) is 9.40. The van der Waals surface area contributed by atoms with Crippen molar-refractivity contribution < 1.29 is 22.7 Å². The van der Waals surface area contributed by atoms with E-state index < -0.39 is 10.0 Å². The molecular formula is C18H23N3O5S2. The van der Waals surface area contributed by atoms with Gasteiger partial charge in [-0.15, -0.1) is 11.3 Å². The summed E-state index contributed by atoms with van der Waals surface area (Å²) in [4.78, 5) is 17.0. The van der Waals surface area contributed by atoms with Crippen molar-refractivity contribution in [2.75, 3.05) is 38.9 Å². The average Bonchev–Trinajstić information content (AvgIpc) is 3.15. The number of hydrogen-bond donors (Lipinski definition) is 1. The molecule has 1 unspecified atom stereocenters. The summed E-state index contributed by atoms with van der Waals surface area (Å²) >= 11 is 1.32. The van der Waals surface area contributed by atoms with Crippen LogP contribution in [0.1, 0.15) is 12.8 Å². The first-order valence-electron chi connectivity index (χ1n) is 8.75. The highest BCUT2D eigenvalue weighted by Gasteiger charge is 2.30. The zero-order chi connectivity index (χ0) is 20.3. The number of carbonyl (C=O) groups is 1. The number of ether oxygens (including phenoxy) is 2. The number of rotatable bonds is 6. The van der Waals surface area contributed by atoms with Crippen molar-refractivity contribution in [1.29, 1.82) is 0 Å². The van der Waals surface area contributed by atoms with E-state index in [-0.39, 0.29) is 18.4 Å². The lowest BCUT2D eigenvalue weighted by Gasteiger charge is -2.29. The Labute approximate surface area is 168 Å². The largest absolute Gasteiger partial charge is 0.493 e. The molecule has 152 valence electrons. The van der Waals surface area contributed by atoms with Crippen LogP contribution in [0.4, 0.5) is 5.13 Å². The van der Waals surface area contributed by atoms with Crippen LogP contribution in [0.5, 0.6) is 11.5 Å². The molecule has 0 spiro atoms. The molecule has 2 aromatic rings. The summed E-state index contributed by atoms with van der Waals surface area (Å²) in [5.74, 6) is 0.642. The zero-order valence-corrected chi connectivity index (χ0v) is 17.6. The number of methoxy groups -OCH3 is 2. The predicted molar refractivity (Wildman–Crippen MR) is 108 cm³/mol.